The molecule has 0 aliphatic carbocycles. The smallest absolute Gasteiger partial charge is 0.218 e. The molecule has 0 spiro atoms. The van der Waals surface area contributed by atoms with Crippen LogP contribution in [-0.2, 0) is 23.0 Å². The first kappa shape index (κ1) is 20.1. The van der Waals surface area contributed by atoms with E-state index in [-0.39, 0.29) is 17.5 Å². The number of rotatable bonds is 6. The Hall–Kier alpha value is -2.15. The number of halogens is 1. The number of hydrogen-bond acceptors (Lipinski definition) is 5. The van der Waals surface area contributed by atoms with E-state index in [0.29, 0.717) is 30.5 Å². The van der Waals surface area contributed by atoms with Crippen LogP contribution in [0, 0.1) is 6.92 Å². The molecule has 5 nitrogen and oxygen atoms in total. The highest BCUT2D eigenvalue weighted by Crippen LogP contribution is 2.26. The number of sulfone groups is 1. The Kier molecular flexibility index (Phi) is 5.76. The highest BCUT2D eigenvalue weighted by molar-refractivity contribution is 7.91. The van der Waals surface area contributed by atoms with Crippen LogP contribution in [0.5, 0.6) is 5.88 Å². The molecule has 0 radical (unpaired) electrons. The second kappa shape index (κ2) is 8.30. The van der Waals surface area contributed by atoms with E-state index in [0.717, 1.165) is 27.6 Å². The van der Waals surface area contributed by atoms with Gasteiger partial charge in [0.15, 0.2) is 9.84 Å². The molecule has 1 aliphatic rings. The Morgan fingerprint density at radius 3 is 2.76 bits per heavy atom. The first-order chi connectivity index (χ1) is 13.9. The third kappa shape index (κ3) is 4.89. The number of nitrogens with one attached hydrogen (secondary N) is 1. The van der Waals surface area contributed by atoms with Gasteiger partial charge in [0.05, 0.1) is 17.0 Å². The number of ether oxygens (including phenoxy) is 1. The fourth-order valence-corrected chi connectivity index (χ4v) is 5.44. The number of benzene rings is 2. The molecule has 0 saturated carbocycles. The van der Waals surface area contributed by atoms with Gasteiger partial charge in [0.25, 0.3) is 0 Å². The summed E-state index contributed by atoms with van der Waals surface area (Å²) >= 11 is 6.25. The average Bonchev–Trinajstić information content (AvgIpc) is 3.04. The van der Waals surface area contributed by atoms with Gasteiger partial charge < -0.3 is 10.1 Å². The number of pyridine rings is 1. The van der Waals surface area contributed by atoms with Crippen molar-refractivity contribution < 1.29 is 13.2 Å². The van der Waals surface area contributed by atoms with E-state index < -0.39 is 9.84 Å². The summed E-state index contributed by atoms with van der Waals surface area (Å²) in [5.74, 6) is 0.966. The van der Waals surface area contributed by atoms with Crippen molar-refractivity contribution in [2.45, 2.75) is 32.5 Å². The molecule has 152 valence electrons. The molecular weight excluding hydrogens is 408 g/mol. The molecule has 0 bridgehead atoms. The molecule has 29 heavy (non-hydrogen) atoms. The minimum atomic E-state index is -2.93. The highest BCUT2D eigenvalue weighted by atomic mass is 35.5. The van der Waals surface area contributed by atoms with Crippen LogP contribution in [0.1, 0.15) is 23.1 Å². The van der Waals surface area contributed by atoms with Gasteiger partial charge in [-0.05, 0) is 37.6 Å². The third-order valence-electron chi connectivity index (χ3n) is 5.15. The maximum absolute atomic E-state index is 11.7. The van der Waals surface area contributed by atoms with Crippen molar-refractivity contribution in [1.82, 2.24) is 10.3 Å². The van der Waals surface area contributed by atoms with Crippen molar-refractivity contribution in [2.24, 2.45) is 0 Å². The number of hydrogen-bond donors (Lipinski definition) is 1. The van der Waals surface area contributed by atoms with Gasteiger partial charge in [0.1, 0.15) is 6.61 Å². The SMILES string of the molecule is Cc1ccc2nc(OCc3ccccc3Cl)c(CN[C@@H]3CCS(=O)(=O)C3)cc2c1. The van der Waals surface area contributed by atoms with E-state index in [1.54, 1.807) is 0 Å². The Balaban J connectivity index is 1.59. The van der Waals surface area contributed by atoms with Gasteiger partial charge in [0, 0.05) is 34.1 Å². The minimum Gasteiger partial charge on any atom is -0.472 e. The first-order valence-electron chi connectivity index (χ1n) is 9.60. The van der Waals surface area contributed by atoms with E-state index in [1.807, 2.05) is 43.3 Å². The van der Waals surface area contributed by atoms with Gasteiger partial charge in [-0.25, -0.2) is 13.4 Å². The molecule has 1 atom stereocenters. The predicted octanol–water partition coefficient (Wildman–Crippen LogP) is 4.05. The molecular formula is C22H23ClN2O3S. The molecule has 1 N–H and O–H groups in total. The molecule has 1 saturated heterocycles. The summed E-state index contributed by atoms with van der Waals surface area (Å²) in [5, 5.41) is 5.04. The van der Waals surface area contributed by atoms with E-state index >= 15 is 0 Å². The maximum atomic E-state index is 11.7. The summed E-state index contributed by atoms with van der Waals surface area (Å²) < 4.78 is 29.5. The third-order valence-corrected chi connectivity index (χ3v) is 7.28. The van der Waals surface area contributed by atoms with Gasteiger partial charge in [0.2, 0.25) is 5.88 Å². The molecule has 7 heteroatoms. The van der Waals surface area contributed by atoms with Crippen molar-refractivity contribution in [3.63, 3.8) is 0 Å². The van der Waals surface area contributed by atoms with Gasteiger partial charge in [-0.15, -0.1) is 0 Å². The predicted molar refractivity (Wildman–Crippen MR) is 116 cm³/mol. The molecule has 1 aromatic heterocycles. The van der Waals surface area contributed by atoms with E-state index in [2.05, 4.69) is 17.4 Å². The summed E-state index contributed by atoms with van der Waals surface area (Å²) in [6.07, 6.45) is 0.637. The van der Waals surface area contributed by atoms with Crippen LogP contribution >= 0.6 is 11.6 Å². The molecule has 0 unspecified atom stereocenters. The topological polar surface area (TPSA) is 68.3 Å². The van der Waals surface area contributed by atoms with Crippen LogP contribution in [0.2, 0.25) is 5.02 Å². The lowest BCUT2D eigenvalue weighted by atomic mass is 10.1. The fourth-order valence-electron chi connectivity index (χ4n) is 3.55. The standard InChI is InChI=1S/C22H23ClN2O3S/c1-15-6-7-21-17(10-15)11-18(12-24-19-8-9-29(26,27)14-19)22(25-21)28-13-16-4-2-3-5-20(16)23/h2-7,10-11,19,24H,8-9,12-14H2,1H3/t19-/m1/s1. The zero-order chi connectivity index (χ0) is 20.4. The molecule has 1 aliphatic heterocycles. The molecule has 1 fully saturated rings. The lowest BCUT2D eigenvalue weighted by Crippen LogP contribution is -2.29. The van der Waals surface area contributed by atoms with E-state index in [1.165, 1.54) is 0 Å². The van der Waals surface area contributed by atoms with E-state index in [4.69, 9.17) is 21.3 Å². The monoisotopic (exact) mass is 430 g/mol. The van der Waals surface area contributed by atoms with Crippen LogP contribution in [0.15, 0.2) is 48.5 Å². The first-order valence-corrected chi connectivity index (χ1v) is 11.8. The quantitative estimate of drug-likeness (QED) is 0.638. The molecule has 0 amide bonds. The van der Waals surface area contributed by atoms with Gasteiger partial charge in [-0.1, -0.05) is 41.4 Å². The van der Waals surface area contributed by atoms with Crippen molar-refractivity contribution >= 4 is 32.3 Å². The average molecular weight is 431 g/mol. The van der Waals surface area contributed by atoms with Crippen LogP contribution < -0.4 is 10.1 Å². The Bertz CT molecular complexity index is 1150. The minimum absolute atomic E-state index is 0.0374. The van der Waals surface area contributed by atoms with Crippen molar-refractivity contribution in [3.05, 3.63) is 70.2 Å². The van der Waals surface area contributed by atoms with E-state index in [9.17, 15) is 8.42 Å². The lowest BCUT2D eigenvalue weighted by Gasteiger charge is -2.16. The Morgan fingerprint density at radius 1 is 1.17 bits per heavy atom. The zero-order valence-electron chi connectivity index (χ0n) is 16.2. The van der Waals surface area contributed by atoms with Crippen LogP contribution in [0.4, 0.5) is 0 Å². The van der Waals surface area contributed by atoms with Crippen molar-refractivity contribution in [1.29, 1.82) is 0 Å². The van der Waals surface area contributed by atoms with Gasteiger partial charge in [-0.2, -0.15) is 0 Å². The Labute approximate surface area is 176 Å². The summed E-state index contributed by atoms with van der Waals surface area (Å²) in [7, 11) is -2.93. The second-order valence-electron chi connectivity index (χ2n) is 7.51. The number of aromatic nitrogens is 1. The van der Waals surface area contributed by atoms with Gasteiger partial charge in [-0.3, -0.25) is 0 Å². The number of nitrogens with zero attached hydrogens (tertiary/aromatic N) is 1. The summed E-state index contributed by atoms with van der Waals surface area (Å²) in [6.45, 7) is 2.85. The Morgan fingerprint density at radius 2 is 2.00 bits per heavy atom. The van der Waals surface area contributed by atoms with Crippen molar-refractivity contribution in [2.75, 3.05) is 11.5 Å². The maximum Gasteiger partial charge on any atom is 0.218 e. The molecule has 2 aromatic carbocycles. The summed E-state index contributed by atoms with van der Waals surface area (Å²) in [4.78, 5) is 4.71. The summed E-state index contributed by atoms with van der Waals surface area (Å²) in [6, 6.07) is 15.7. The number of fused-ring (bicyclic) bond motifs is 1. The van der Waals surface area contributed by atoms with Crippen LogP contribution in [0.25, 0.3) is 10.9 Å². The van der Waals surface area contributed by atoms with Crippen LogP contribution in [-0.4, -0.2) is 30.9 Å². The molecule has 4 rings (SSSR count). The van der Waals surface area contributed by atoms with Gasteiger partial charge >= 0.3 is 0 Å². The lowest BCUT2D eigenvalue weighted by molar-refractivity contribution is 0.290. The molecule has 3 aromatic rings. The molecule has 2 heterocycles. The number of aryl methyl sites for hydroxylation is 1. The van der Waals surface area contributed by atoms with Crippen molar-refractivity contribution in [3.8, 4) is 5.88 Å². The zero-order valence-corrected chi connectivity index (χ0v) is 17.8. The highest BCUT2D eigenvalue weighted by Gasteiger charge is 2.27. The second-order valence-corrected chi connectivity index (χ2v) is 10.1. The van der Waals surface area contributed by atoms with Crippen LogP contribution in [0.3, 0.4) is 0 Å². The summed E-state index contributed by atoms with van der Waals surface area (Å²) in [5.41, 5.74) is 3.81. The largest absolute Gasteiger partial charge is 0.472 e. The normalized spacial score (nSPS) is 18.2. The fraction of sp³-hybridized carbons (Fsp3) is 0.318.